The van der Waals surface area contributed by atoms with E-state index in [9.17, 15) is 0 Å². The number of rotatable bonds is 3. The largest absolute Gasteiger partial charge is 0.399 e. The van der Waals surface area contributed by atoms with E-state index in [4.69, 9.17) is 10.7 Å². The summed E-state index contributed by atoms with van der Waals surface area (Å²) in [6, 6.07) is 22.5. The fraction of sp³-hybridized carbons (Fsp3) is 0. The first-order chi connectivity index (χ1) is 12.2. The zero-order valence-corrected chi connectivity index (χ0v) is 15.7. The summed E-state index contributed by atoms with van der Waals surface area (Å²) in [6.45, 7) is 0. The molecule has 1 heterocycles. The van der Waals surface area contributed by atoms with Crippen molar-refractivity contribution in [3.05, 3.63) is 82.3 Å². The Hall–Kier alpha value is -2.43. The molecule has 0 aliphatic carbocycles. The number of hydrogen-bond acceptors (Lipinski definition) is 3. The second-order valence-electron chi connectivity index (χ2n) is 5.75. The number of nitrogens with two attached hydrogens (primary N) is 1. The highest BCUT2D eigenvalue weighted by molar-refractivity contribution is 9.10. The summed E-state index contributed by atoms with van der Waals surface area (Å²) in [7, 11) is 0. The van der Waals surface area contributed by atoms with Crippen LogP contribution in [0.5, 0.6) is 0 Å². The van der Waals surface area contributed by atoms with Crippen molar-refractivity contribution in [2.24, 2.45) is 0 Å². The van der Waals surface area contributed by atoms with Crippen LogP contribution in [0.3, 0.4) is 0 Å². The number of hydrogen-bond donors (Lipinski definition) is 1. The van der Waals surface area contributed by atoms with Crippen LogP contribution in [0.2, 0.25) is 0 Å². The molecule has 122 valence electrons. The third kappa shape index (κ3) is 3.65. The summed E-state index contributed by atoms with van der Waals surface area (Å²) in [5, 5.41) is 1.04. The quantitative estimate of drug-likeness (QED) is 0.312. The van der Waals surface area contributed by atoms with Crippen LogP contribution in [0.4, 0.5) is 5.69 Å². The summed E-state index contributed by atoms with van der Waals surface area (Å²) < 4.78 is 2.26. The van der Waals surface area contributed by atoms with Crippen LogP contribution in [0.25, 0.3) is 32.9 Å². The van der Waals surface area contributed by atoms with E-state index >= 15 is 0 Å². The minimum absolute atomic E-state index is 0.782. The van der Waals surface area contributed by atoms with E-state index in [2.05, 4.69) is 70.5 Å². The molecule has 25 heavy (non-hydrogen) atoms. The van der Waals surface area contributed by atoms with Gasteiger partial charge in [-0.3, -0.25) is 0 Å². The highest BCUT2D eigenvalue weighted by Gasteiger charge is 2.06. The number of aromatic nitrogens is 1. The second-order valence-corrected chi connectivity index (χ2v) is 7.70. The number of benzene rings is 3. The van der Waals surface area contributed by atoms with Crippen molar-refractivity contribution >= 4 is 55.3 Å². The summed E-state index contributed by atoms with van der Waals surface area (Å²) in [5.74, 6) is 0. The fourth-order valence-corrected chi connectivity index (χ4v) is 3.86. The van der Waals surface area contributed by atoms with Gasteiger partial charge in [0, 0.05) is 15.7 Å². The van der Waals surface area contributed by atoms with E-state index in [0.29, 0.717) is 0 Å². The average Bonchev–Trinajstić information content (AvgIpc) is 3.05. The van der Waals surface area contributed by atoms with Gasteiger partial charge < -0.3 is 5.73 Å². The molecule has 0 unspecified atom stereocenters. The Balaban J connectivity index is 1.57. The van der Waals surface area contributed by atoms with Crippen molar-refractivity contribution in [2.75, 3.05) is 5.73 Å². The average molecular weight is 407 g/mol. The van der Waals surface area contributed by atoms with Gasteiger partial charge >= 0.3 is 0 Å². The lowest BCUT2D eigenvalue weighted by Crippen LogP contribution is -1.82. The molecule has 0 amide bonds. The Labute approximate surface area is 158 Å². The molecule has 0 radical (unpaired) electrons. The third-order valence-corrected chi connectivity index (χ3v) is 5.49. The Kier molecular flexibility index (Phi) is 4.38. The molecule has 2 N–H and O–H groups in total. The predicted molar refractivity (Wildman–Crippen MR) is 113 cm³/mol. The molecule has 0 atom stereocenters. The molecule has 0 spiro atoms. The van der Waals surface area contributed by atoms with E-state index in [0.717, 1.165) is 37.4 Å². The fourth-order valence-electron chi connectivity index (χ4n) is 2.56. The van der Waals surface area contributed by atoms with Crippen molar-refractivity contribution in [3.63, 3.8) is 0 Å². The standard InChI is InChI=1S/C21H15BrN2S/c22-17-9-12-20-19(13-17)24-21(25-20)16-7-3-14(4-8-16)1-2-15-5-10-18(23)11-6-15/h1-13H,23H2/b2-1+. The summed E-state index contributed by atoms with van der Waals surface area (Å²) in [4.78, 5) is 4.73. The SMILES string of the molecule is Nc1ccc(/C=C/c2ccc(-c3nc4cc(Br)ccc4s3)cc2)cc1. The Bertz CT molecular complexity index is 1050. The topological polar surface area (TPSA) is 38.9 Å². The van der Waals surface area contributed by atoms with Gasteiger partial charge in [-0.1, -0.05) is 64.5 Å². The molecule has 4 aromatic rings. The van der Waals surface area contributed by atoms with Gasteiger partial charge in [-0.2, -0.15) is 0 Å². The smallest absolute Gasteiger partial charge is 0.124 e. The maximum absolute atomic E-state index is 5.71. The number of nitrogen functional groups attached to an aromatic ring is 1. The predicted octanol–water partition coefficient (Wildman–Crippen LogP) is 6.48. The van der Waals surface area contributed by atoms with Crippen molar-refractivity contribution in [1.29, 1.82) is 0 Å². The van der Waals surface area contributed by atoms with Gasteiger partial charge in [0.15, 0.2) is 0 Å². The van der Waals surface area contributed by atoms with E-state index in [1.807, 2.05) is 24.3 Å². The number of anilines is 1. The van der Waals surface area contributed by atoms with Gasteiger partial charge in [-0.15, -0.1) is 11.3 Å². The maximum atomic E-state index is 5.71. The second kappa shape index (κ2) is 6.82. The van der Waals surface area contributed by atoms with Crippen LogP contribution in [0.15, 0.2) is 71.2 Å². The van der Waals surface area contributed by atoms with E-state index in [-0.39, 0.29) is 0 Å². The normalized spacial score (nSPS) is 11.4. The van der Waals surface area contributed by atoms with Gasteiger partial charge in [-0.25, -0.2) is 4.98 Å². The minimum atomic E-state index is 0.782. The first-order valence-electron chi connectivity index (χ1n) is 7.87. The number of nitrogens with zero attached hydrogens (tertiary/aromatic N) is 1. The monoisotopic (exact) mass is 406 g/mol. The lowest BCUT2D eigenvalue weighted by Gasteiger charge is -1.98. The number of halogens is 1. The Morgan fingerprint density at radius 3 is 2.16 bits per heavy atom. The zero-order valence-electron chi connectivity index (χ0n) is 13.3. The van der Waals surface area contributed by atoms with Crippen molar-refractivity contribution in [1.82, 2.24) is 4.98 Å². The van der Waals surface area contributed by atoms with E-state index < -0.39 is 0 Å². The molecule has 0 aliphatic heterocycles. The molecule has 1 aromatic heterocycles. The van der Waals surface area contributed by atoms with E-state index in [1.54, 1.807) is 11.3 Å². The highest BCUT2D eigenvalue weighted by atomic mass is 79.9. The van der Waals surface area contributed by atoms with E-state index in [1.165, 1.54) is 4.70 Å². The first-order valence-corrected chi connectivity index (χ1v) is 9.48. The van der Waals surface area contributed by atoms with Crippen molar-refractivity contribution in [2.45, 2.75) is 0 Å². The first kappa shape index (κ1) is 16.1. The number of fused-ring (bicyclic) bond motifs is 1. The number of thiazole rings is 1. The molecule has 0 bridgehead atoms. The molecule has 0 fully saturated rings. The Morgan fingerprint density at radius 2 is 1.48 bits per heavy atom. The van der Waals surface area contributed by atoms with Crippen LogP contribution >= 0.6 is 27.3 Å². The molecule has 3 aromatic carbocycles. The molecule has 0 aliphatic rings. The van der Waals surface area contributed by atoms with Crippen molar-refractivity contribution in [3.8, 4) is 10.6 Å². The van der Waals surface area contributed by atoms with Gasteiger partial charge in [-0.05, 0) is 41.5 Å². The summed E-state index contributed by atoms with van der Waals surface area (Å²) >= 11 is 5.21. The van der Waals surface area contributed by atoms with Gasteiger partial charge in [0.25, 0.3) is 0 Å². The molecule has 4 heteroatoms. The lowest BCUT2D eigenvalue weighted by molar-refractivity contribution is 1.47. The van der Waals surface area contributed by atoms with Crippen LogP contribution < -0.4 is 5.73 Å². The molecule has 4 rings (SSSR count). The van der Waals surface area contributed by atoms with Crippen LogP contribution in [-0.4, -0.2) is 4.98 Å². The lowest BCUT2D eigenvalue weighted by atomic mass is 10.1. The van der Waals surface area contributed by atoms with Crippen molar-refractivity contribution < 1.29 is 0 Å². The van der Waals surface area contributed by atoms with Gasteiger partial charge in [0.2, 0.25) is 0 Å². The summed E-state index contributed by atoms with van der Waals surface area (Å²) in [6.07, 6.45) is 4.19. The van der Waals surface area contributed by atoms with Crippen LogP contribution in [-0.2, 0) is 0 Å². The third-order valence-electron chi connectivity index (χ3n) is 3.91. The molecular weight excluding hydrogens is 392 g/mol. The summed E-state index contributed by atoms with van der Waals surface area (Å²) in [5.41, 5.74) is 11.0. The van der Waals surface area contributed by atoms with Crippen LogP contribution in [0, 0.1) is 0 Å². The highest BCUT2D eigenvalue weighted by Crippen LogP contribution is 2.31. The van der Waals surface area contributed by atoms with Gasteiger partial charge in [0.1, 0.15) is 5.01 Å². The zero-order chi connectivity index (χ0) is 17.2. The maximum Gasteiger partial charge on any atom is 0.124 e. The molecule has 2 nitrogen and oxygen atoms in total. The molecule has 0 saturated carbocycles. The van der Waals surface area contributed by atoms with Crippen LogP contribution in [0.1, 0.15) is 11.1 Å². The molecular formula is C21H15BrN2S. The van der Waals surface area contributed by atoms with Gasteiger partial charge in [0.05, 0.1) is 10.2 Å². The Morgan fingerprint density at radius 1 is 0.840 bits per heavy atom. The minimum Gasteiger partial charge on any atom is -0.399 e. The molecule has 0 saturated heterocycles.